The molecule has 0 amide bonds. The van der Waals surface area contributed by atoms with E-state index in [0.29, 0.717) is 13.2 Å². The van der Waals surface area contributed by atoms with Crippen molar-refractivity contribution in [2.75, 3.05) is 27.4 Å². The first-order chi connectivity index (χ1) is 5.29. The van der Waals surface area contributed by atoms with Gasteiger partial charge in [0.1, 0.15) is 18.3 Å². The van der Waals surface area contributed by atoms with Gasteiger partial charge >= 0.3 is 0 Å². The Balaban J connectivity index is 2.40. The summed E-state index contributed by atoms with van der Waals surface area (Å²) in [6, 6.07) is 0. The van der Waals surface area contributed by atoms with Crippen molar-refractivity contribution in [1.82, 2.24) is 0 Å². The predicted octanol–water partition coefficient (Wildman–Crippen LogP) is -0.593. The molecule has 0 aromatic carbocycles. The van der Waals surface area contributed by atoms with E-state index >= 15 is 0 Å². The number of aliphatic hydroxyl groups is 1. The predicted molar refractivity (Wildman–Crippen MR) is 38.4 cm³/mol. The zero-order valence-electron chi connectivity index (χ0n) is 6.82. The van der Waals surface area contributed by atoms with Gasteiger partial charge in [-0.05, 0) is 0 Å². The number of rotatable bonds is 3. The molecule has 4 nitrogen and oxygen atoms in total. The first-order valence-electron chi connectivity index (χ1n) is 3.61. The zero-order chi connectivity index (χ0) is 8.27. The topological polar surface area (TPSA) is 47.9 Å². The third kappa shape index (κ3) is 1.90. The molecule has 0 radical (unpaired) electrons. The highest BCUT2D eigenvalue weighted by molar-refractivity contribution is 4.84. The van der Waals surface area contributed by atoms with Gasteiger partial charge in [0.15, 0.2) is 0 Å². The molecule has 1 saturated heterocycles. The van der Waals surface area contributed by atoms with E-state index < -0.39 is 6.10 Å². The lowest BCUT2D eigenvalue weighted by Gasteiger charge is -2.17. The van der Waals surface area contributed by atoms with Crippen LogP contribution in [0.4, 0.5) is 0 Å². The molecule has 4 heteroatoms. The minimum absolute atomic E-state index is 0.125. The third-order valence-corrected chi connectivity index (χ3v) is 1.83. The lowest BCUT2D eigenvalue weighted by molar-refractivity contribution is -0.0391. The van der Waals surface area contributed by atoms with Gasteiger partial charge < -0.3 is 19.3 Å². The molecule has 0 aliphatic carbocycles. The molecule has 1 unspecified atom stereocenters. The van der Waals surface area contributed by atoms with Crippen molar-refractivity contribution in [1.29, 1.82) is 0 Å². The quantitative estimate of drug-likeness (QED) is 0.602. The van der Waals surface area contributed by atoms with E-state index in [1.807, 2.05) is 0 Å². The van der Waals surface area contributed by atoms with E-state index in [9.17, 15) is 5.11 Å². The van der Waals surface area contributed by atoms with Crippen LogP contribution in [0.2, 0.25) is 0 Å². The average Bonchev–Trinajstić information content (AvgIpc) is 2.33. The van der Waals surface area contributed by atoms with Crippen molar-refractivity contribution in [3.05, 3.63) is 0 Å². The summed E-state index contributed by atoms with van der Waals surface area (Å²) in [7, 11) is 3.16. The molecule has 1 rings (SSSR count). The second kappa shape index (κ2) is 4.01. The minimum atomic E-state index is -0.514. The van der Waals surface area contributed by atoms with Gasteiger partial charge in [-0.2, -0.15) is 0 Å². The summed E-state index contributed by atoms with van der Waals surface area (Å²) < 4.78 is 15.1. The number of ether oxygens (including phenoxy) is 3. The Bertz CT molecular complexity index is 115. The monoisotopic (exact) mass is 162 g/mol. The molecule has 0 bridgehead atoms. The van der Waals surface area contributed by atoms with Gasteiger partial charge in [-0.3, -0.25) is 0 Å². The normalized spacial score (nSPS) is 37.9. The fourth-order valence-electron chi connectivity index (χ4n) is 1.28. The molecule has 1 aliphatic heterocycles. The molecule has 3 atom stereocenters. The highest BCUT2D eigenvalue weighted by Gasteiger charge is 2.35. The highest BCUT2D eigenvalue weighted by Crippen LogP contribution is 2.16. The maximum Gasteiger partial charge on any atom is 0.114 e. The molecule has 0 aromatic rings. The molecule has 1 heterocycles. The lowest BCUT2D eigenvalue weighted by atomic mass is 10.1. The van der Waals surface area contributed by atoms with E-state index in [0.717, 1.165) is 0 Å². The number of methoxy groups -OCH3 is 2. The molecule has 66 valence electrons. The van der Waals surface area contributed by atoms with Crippen LogP contribution in [0, 0.1) is 0 Å². The average molecular weight is 162 g/mol. The molecule has 1 N–H and O–H groups in total. The Morgan fingerprint density at radius 1 is 1.55 bits per heavy atom. The summed E-state index contributed by atoms with van der Waals surface area (Å²) in [6.07, 6.45) is -0.880. The van der Waals surface area contributed by atoms with Crippen LogP contribution in [0.25, 0.3) is 0 Å². The van der Waals surface area contributed by atoms with Gasteiger partial charge in [-0.1, -0.05) is 0 Å². The Morgan fingerprint density at radius 2 is 2.27 bits per heavy atom. The minimum Gasteiger partial charge on any atom is -0.388 e. The maximum absolute atomic E-state index is 9.28. The van der Waals surface area contributed by atoms with Gasteiger partial charge in [-0.15, -0.1) is 0 Å². The van der Waals surface area contributed by atoms with Crippen LogP contribution in [0.3, 0.4) is 0 Å². The first kappa shape index (κ1) is 8.93. The van der Waals surface area contributed by atoms with Gasteiger partial charge in [0.05, 0.1) is 13.2 Å². The molecular weight excluding hydrogens is 148 g/mol. The van der Waals surface area contributed by atoms with E-state index in [-0.39, 0.29) is 12.2 Å². The fraction of sp³-hybridized carbons (Fsp3) is 1.00. The molecule has 0 aromatic heterocycles. The highest BCUT2D eigenvalue weighted by atomic mass is 16.6. The van der Waals surface area contributed by atoms with Crippen LogP contribution >= 0.6 is 0 Å². The van der Waals surface area contributed by atoms with Crippen molar-refractivity contribution in [3.8, 4) is 0 Å². The number of hydrogen-bond donors (Lipinski definition) is 1. The summed E-state index contributed by atoms with van der Waals surface area (Å²) in [6.45, 7) is 0.808. The largest absolute Gasteiger partial charge is 0.388 e. The molecule has 0 saturated carbocycles. The molecule has 1 aliphatic rings. The van der Waals surface area contributed by atoms with Gasteiger partial charge in [-0.25, -0.2) is 0 Å². The summed E-state index contributed by atoms with van der Waals surface area (Å²) >= 11 is 0. The first-order valence-corrected chi connectivity index (χ1v) is 3.61. The number of hydrogen-bond acceptors (Lipinski definition) is 4. The van der Waals surface area contributed by atoms with E-state index in [1.165, 1.54) is 0 Å². The maximum atomic E-state index is 9.28. The number of aliphatic hydroxyl groups excluding tert-OH is 1. The molecule has 1 fully saturated rings. The van der Waals surface area contributed by atoms with Gasteiger partial charge in [0.25, 0.3) is 0 Å². The Hall–Kier alpha value is -0.160. The molecular formula is C7H14O4. The Labute approximate surface area is 66.1 Å². The Morgan fingerprint density at radius 3 is 2.82 bits per heavy atom. The summed E-state index contributed by atoms with van der Waals surface area (Å²) in [5, 5.41) is 9.28. The summed E-state index contributed by atoms with van der Waals surface area (Å²) in [5.41, 5.74) is 0. The SMILES string of the molecule is COC[C@H]1OC[C@@H](O)C1OC. The smallest absolute Gasteiger partial charge is 0.114 e. The second-order valence-corrected chi connectivity index (χ2v) is 2.59. The standard InChI is InChI=1S/C7H14O4/c1-9-4-6-7(10-2)5(8)3-11-6/h5-8H,3-4H2,1-2H3/t5-,6-,7?/m1/s1. The summed E-state index contributed by atoms with van der Waals surface area (Å²) in [5.74, 6) is 0. The second-order valence-electron chi connectivity index (χ2n) is 2.59. The Kier molecular flexibility index (Phi) is 3.26. The van der Waals surface area contributed by atoms with Gasteiger partial charge in [0.2, 0.25) is 0 Å². The van der Waals surface area contributed by atoms with E-state index in [1.54, 1.807) is 14.2 Å². The van der Waals surface area contributed by atoms with Crippen molar-refractivity contribution >= 4 is 0 Å². The van der Waals surface area contributed by atoms with Crippen molar-refractivity contribution in [3.63, 3.8) is 0 Å². The fourth-order valence-corrected chi connectivity index (χ4v) is 1.28. The van der Waals surface area contributed by atoms with Crippen LogP contribution in [-0.2, 0) is 14.2 Å². The van der Waals surface area contributed by atoms with Gasteiger partial charge in [0, 0.05) is 14.2 Å². The van der Waals surface area contributed by atoms with Crippen LogP contribution in [-0.4, -0.2) is 50.9 Å². The molecule has 11 heavy (non-hydrogen) atoms. The van der Waals surface area contributed by atoms with Crippen LogP contribution in [0.15, 0.2) is 0 Å². The van der Waals surface area contributed by atoms with Crippen LogP contribution < -0.4 is 0 Å². The third-order valence-electron chi connectivity index (χ3n) is 1.83. The van der Waals surface area contributed by atoms with E-state index in [4.69, 9.17) is 14.2 Å². The lowest BCUT2D eigenvalue weighted by Crippen LogP contribution is -2.34. The zero-order valence-corrected chi connectivity index (χ0v) is 6.82. The van der Waals surface area contributed by atoms with Crippen molar-refractivity contribution in [2.24, 2.45) is 0 Å². The van der Waals surface area contributed by atoms with Crippen LogP contribution in [0.5, 0.6) is 0 Å². The van der Waals surface area contributed by atoms with Crippen molar-refractivity contribution in [2.45, 2.75) is 18.3 Å². The van der Waals surface area contributed by atoms with E-state index in [2.05, 4.69) is 0 Å². The molecule has 0 spiro atoms. The summed E-state index contributed by atoms with van der Waals surface area (Å²) in [4.78, 5) is 0. The van der Waals surface area contributed by atoms with Crippen LogP contribution in [0.1, 0.15) is 0 Å². The van der Waals surface area contributed by atoms with Crippen molar-refractivity contribution < 1.29 is 19.3 Å².